The van der Waals surface area contributed by atoms with Gasteiger partial charge in [-0.1, -0.05) is 24.3 Å². The van der Waals surface area contributed by atoms with Gasteiger partial charge in [0, 0.05) is 0 Å². The number of ketones is 2. The summed E-state index contributed by atoms with van der Waals surface area (Å²) in [4.78, 5) is 23.3. The first-order valence-corrected chi connectivity index (χ1v) is 11.6. The van der Waals surface area contributed by atoms with Gasteiger partial charge in [-0.3, -0.25) is 9.59 Å². The molecule has 0 unspecified atom stereocenters. The monoisotopic (exact) mass is 681 g/mol. The number of hydrogen-bond acceptors (Lipinski definition) is 6. The second-order valence-corrected chi connectivity index (χ2v) is 8.03. The summed E-state index contributed by atoms with van der Waals surface area (Å²) in [6.07, 6.45) is 0.0833. The molecule has 0 N–H and O–H groups in total. The van der Waals surface area contributed by atoms with Crippen LogP contribution < -0.4 is 0 Å². The second-order valence-electron chi connectivity index (χ2n) is 8.03. The minimum absolute atomic E-state index is 0. The number of hydrogen-bond donors (Lipinski definition) is 0. The van der Waals surface area contributed by atoms with Crippen molar-refractivity contribution in [1.29, 1.82) is 0 Å². The van der Waals surface area contributed by atoms with Crippen molar-refractivity contribution < 1.29 is 29.7 Å². The van der Waals surface area contributed by atoms with Crippen LogP contribution in [0.3, 0.4) is 0 Å². The number of carbonyl (C=O) groups is 2. The smallest absolute Gasteiger partial charge is 0.300 e. The molecule has 6 rings (SSSR count). The minimum Gasteiger partial charge on any atom is -0.300 e. The maximum absolute atomic E-state index is 10.0. The van der Waals surface area contributed by atoms with Crippen molar-refractivity contribution in [3.05, 3.63) is 109 Å². The summed E-state index contributed by atoms with van der Waals surface area (Å²) in [5.74, 6) is -0.125. The standard InChI is InChI=1S/2C12H8N3.C5H8O2.Ir/c2*1-2-6-10(7-3-1)15-13-11-8-4-5-9-12(11)14-15;1-4(6)3-5(2)7;/h2*1-6,8-9H;3H2,1-2H3;/q2*-1;;+3. The van der Waals surface area contributed by atoms with Crippen LogP contribution in [-0.4, -0.2) is 41.6 Å². The van der Waals surface area contributed by atoms with Gasteiger partial charge in [-0.25, -0.2) is 0 Å². The molecule has 0 spiro atoms. The van der Waals surface area contributed by atoms with Crippen molar-refractivity contribution in [3.8, 4) is 11.4 Å². The number of carbonyl (C=O) groups excluding carboxylic acids is 2. The average molecular weight is 681 g/mol. The Labute approximate surface area is 233 Å². The molecule has 0 saturated carbocycles. The number of benzene rings is 4. The predicted octanol–water partition coefficient (Wildman–Crippen LogP) is 4.99. The van der Waals surface area contributed by atoms with E-state index in [4.69, 9.17) is 0 Å². The Morgan fingerprint density at radius 2 is 0.895 bits per heavy atom. The molecule has 6 aromatic rings. The van der Waals surface area contributed by atoms with Gasteiger partial charge in [-0.05, 0) is 49.5 Å². The van der Waals surface area contributed by atoms with Crippen LogP contribution in [0.15, 0.2) is 97.1 Å². The molecule has 0 bridgehead atoms. The topological polar surface area (TPSA) is 95.6 Å². The van der Waals surface area contributed by atoms with E-state index in [-0.39, 0.29) is 38.1 Å². The van der Waals surface area contributed by atoms with E-state index < -0.39 is 0 Å². The fraction of sp³-hybridized carbons (Fsp3) is 0.103. The van der Waals surface area contributed by atoms with Crippen molar-refractivity contribution in [3.63, 3.8) is 0 Å². The van der Waals surface area contributed by atoms with Crippen LogP contribution >= 0.6 is 0 Å². The van der Waals surface area contributed by atoms with E-state index in [0.717, 1.165) is 33.4 Å². The normalized spacial score (nSPS) is 9.95. The molecule has 0 atom stereocenters. The predicted molar refractivity (Wildman–Crippen MR) is 141 cm³/mol. The molecule has 0 fully saturated rings. The SMILES string of the molecule is CC(=O)CC(C)=O.[Ir+3].[c-]1ccccc1-n1nc2ccccc2n1.[c-]1ccccc1-n1nc2ccccc2n1. The van der Waals surface area contributed by atoms with Gasteiger partial charge in [0.2, 0.25) is 0 Å². The molecule has 0 radical (unpaired) electrons. The van der Waals surface area contributed by atoms with E-state index in [1.54, 1.807) is 9.59 Å². The van der Waals surface area contributed by atoms with Crippen LogP contribution in [0.5, 0.6) is 0 Å². The van der Waals surface area contributed by atoms with E-state index in [1.165, 1.54) is 13.8 Å². The Bertz CT molecular complexity index is 1430. The molecule has 9 heteroatoms. The zero-order chi connectivity index (χ0) is 26.0. The van der Waals surface area contributed by atoms with Gasteiger partial charge in [0.1, 0.15) is 33.6 Å². The third kappa shape index (κ3) is 7.83. The van der Waals surface area contributed by atoms with E-state index in [9.17, 15) is 9.59 Å². The molecule has 0 aliphatic heterocycles. The molecule has 2 heterocycles. The van der Waals surface area contributed by atoms with Crippen LogP contribution in [0, 0.1) is 12.1 Å². The summed E-state index contributed by atoms with van der Waals surface area (Å²) in [6.45, 7) is 2.81. The minimum atomic E-state index is -0.0625. The van der Waals surface area contributed by atoms with Gasteiger partial charge < -0.3 is 0 Å². The number of rotatable bonds is 4. The van der Waals surface area contributed by atoms with E-state index >= 15 is 0 Å². The van der Waals surface area contributed by atoms with E-state index in [2.05, 4.69) is 32.5 Å². The average Bonchev–Trinajstić information content (AvgIpc) is 3.54. The summed E-state index contributed by atoms with van der Waals surface area (Å²) in [5, 5.41) is 17.4. The molecule has 0 aliphatic rings. The van der Waals surface area contributed by atoms with Gasteiger partial charge in [0.05, 0.1) is 6.42 Å². The summed E-state index contributed by atoms with van der Waals surface area (Å²) in [5.41, 5.74) is 5.30. The summed E-state index contributed by atoms with van der Waals surface area (Å²) >= 11 is 0. The first-order chi connectivity index (χ1) is 18.0. The van der Waals surface area contributed by atoms with Crippen LogP contribution in [0.25, 0.3) is 33.4 Å². The number of nitrogens with zero attached hydrogens (tertiary/aromatic N) is 6. The molecule has 2 aromatic heterocycles. The van der Waals surface area contributed by atoms with Crippen molar-refractivity contribution in [2.24, 2.45) is 0 Å². The molecule has 8 nitrogen and oxygen atoms in total. The number of Topliss-reactive ketones (excluding diaryl/α,β-unsaturated/α-hetero) is 2. The van der Waals surface area contributed by atoms with Crippen LogP contribution in [0.4, 0.5) is 0 Å². The Balaban J connectivity index is 0.000000167. The molecule has 0 aliphatic carbocycles. The maximum Gasteiger partial charge on any atom is 3.00 e. The summed E-state index contributed by atoms with van der Waals surface area (Å²) in [7, 11) is 0. The third-order valence-corrected chi connectivity index (χ3v) is 4.89. The maximum atomic E-state index is 10.0. The van der Waals surface area contributed by atoms with Gasteiger partial charge in [0.15, 0.2) is 0 Å². The first-order valence-electron chi connectivity index (χ1n) is 11.6. The molecular weight excluding hydrogens is 657 g/mol. The van der Waals surface area contributed by atoms with Crippen molar-refractivity contribution in [2.75, 3.05) is 0 Å². The van der Waals surface area contributed by atoms with E-state index in [1.807, 2.05) is 97.1 Å². The largest absolute Gasteiger partial charge is 3.00 e. The molecule has 0 amide bonds. The molecule has 4 aromatic carbocycles. The van der Waals surface area contributed by atoms with Crippen molar-refractivity contribution in [1.82, 2.24) is 30.0 Å². The zero-order valence-electron chi connectivity index (χ0n) is 20.8. The Morgan fingerprint density at radius 3 is 1.13 bits per heavy atom. The fourth-order valence-corrected chi connectivity index (χ4v) is 3.30. The molecule has 190 valence electrons. The number of aromatic nitrogens is 6. The van der Waals surface area contributed by atoms with Crippen LogP contribution in [0.2, 0.25) is 0 Å². The number of fused-ring (bicyclic) bond motifs is 2. The molecular formula is C29H24IrN6O2+. The molecule has 0 saturated heterocycles. The van der Waals surface area contributed by atoms with E-state index in [0.29, 0.717) is 0 Å². The quantitative estimate of drug-likeness (QED) is 0.192. The van der Waals surface area contributed by atoms with Gasteiger partial charge in [-0.15, -0.1) is 12.1 Å². The molecule has 38 heavy (non-hydrogen) atoms. The van der Waals surface area contributed by atoms with Gasteiger partial charge in [-0.2, -0.15) is 78.5 Å². The first kappa shape index (κ1) is 28.2. The van der Waals surface area contributed by atoms with Crippen molar-refractivity contribution in [2.45, 2.75) is 20.3 Å². The van der Waals surface area contributed by atoms with Gasteiger partial charge in [0.25, 0.3) is 0 Å². The zero-order valence-corrected chi connectivity index (χ0v) is 23.2. The summed E-state index contributed by atoms with van der Waals surface area (Å²) < 4.78 is 0. The Morgan fingerprint density at radius 1 is 0.579 bits per heavy atom. The van der Waals surface area contributed by atoms with Crippen molar-refractivity contribution >= 4 is 33.6 Å². The van der Waals surface area contributed by atoms with Crippen LogP contribution in [0.1, 0.15) is 20.3 Å². The number of para-hydroxylation sites is 2. The third-order valence-electron chi connectivity index (χ3n) is 4.89. The Hall–Kier alpha value is -4.33. The van der Waals surface area contributed by atoms with Gasteiger partial charge >= 0.3 is 20.1 Å². The summed E-state index contributed by atoms with van der Waals surface area (Å²) in [6, 6.07) is 37.1. The second kappa shape index (κ2) is 13.8. The van der Waals surface area contributed by atoms with Crippen LogP contribution in [-0.2, 0) is 29.7 Å². The Kier molecular flexibility index (Phi) is 10.3. The fourth-order valence-electron chi connectivity index (χ4n) is 3.30.